The summed E-state index contributed by atoms with van der Waals surface area (Å²) in [5.41, 5.74) is 2.66. The number of carbonyl (C=O) groups excluding carboxylic acids is 1. The number of rotatable bonds is 13. The topological polar surface area (TPSA) is 97.1 Å². The lowest BCUT2D eigenvalue weighted by Crippen LogP contribution is -2.42. The van der Waals surface area contributed by atoms with Crippen LogP contribution in [0.25, 0.3) is 11.1 Å². The van der Waals surface area contributed by atoms with E-state index in [1.165, 1.54) is 0 Å². The molecule has 11 heteroatoms. The summed E-state index contributed by atoms with van der Waals surface area (Å²) in [4.78, 5) is 19.2. The quantitative estimate of drug-likeness (QED) is 0.246. The first-order valence-corrected chi connectivity index (χ1v) is 12.6. The number of oxazole rings is 1. The summed E-state index contributed by atoms with van der Waals surface area (Å²) in [5.74, 6) is -0.203. The Balaban J connectivity index is 1.33. The van der Waals surface area contributed by atoms with Crippen molar-refractivity contribution in [2.45, 2.75) is 24.7 Å². The molecule has 1 amide bonds. The summed E-state index contributed by atoms with van der Waals surface area (Å²) in [6.45, 7) is -1.17. The molecule has 3 aromatic carbocycles. The van der Waals surface area contributed by atoms with Gasteiger partial charge >= 0.3 is 6.18 Å². The number of para-hydroxylation sites is 2. The van der Waals surface area contributed by atoms with E-state index in [-0.39, 0.29) is 6.42 Å². The van der Waals surface area contributed by atoms with Crippen molar-refractivity contribution in [3.63, 3.8) is 0 Å². The van der Waals surface area contributed by atoms with Crippen LogP contribution in [-0.2, 0) is 16.0 Å². The van der Waals surface area contributed by atoms with Crippen molar-refractivity contribution in [2.75, 3.05) is 38.3 Å². The molecule has 0 unspecified atom stereocenters. The number of alkyl halides is 3. The van der Waals surface area contributed by atoms with E-state index in [1.54, 1.807) is 54.6 Å². The Morgan fingerprint density at radius 3 is 2.42 bits per heavy atom. The monoisotopic (exact) mass is 557 g/mol. The van der Waals surface area contributed by atoms with Gasteiger partial charge in [0.05, 0.1) is 19.2 Å². The van der Waals surface area contributed by atoms with Crippen LogP contribution in [0, 0.1) is 0 Å². The summed E-state index contributed by atoms with van der Waals surface area (Å²) in [5, 5.41) is 12.3. The van der Waals surface area contributed by atoms with E-state index in [1.807, 2.05) is 36.2 Å². The first kappa shape index (κ1) is 28.9. The first-order valence-electron chi connectivity index (χ1n) is 12.6. The Morgan fingerprint density at radius 1 is 1.05 bits per heavy atom. The van der Waals surface area contributed by atoms with Crippen LogP contribution in [0.15, 0.2) is 83.3 Å². The third-order valence-corrected chi connectivity index (χ3v) is 6.09. The number of carbonyl (C=O) groups is 1. The summed E-state index contributed by atoms with van der Waals surface area (Å²) in [6, 6.07) is 22.5. The average Bonchev–Trinajstić information content (AvgIpc) is 3.39. The average molecular weight is 558 g/mol. The van der Waals surface area contributed by atoms with Crippen LogP contribution in [0.5, 0.6) is 5.75 Å². The largest absolute Gasteiger partial charge is 0.492 e. The smallest absolute Gasteiger partial charge is 0.411 e. The van der Waals surface area contributed by atoms with Gasteiger partial charge in [0.15, 0.2) is 5.58 Å². The lowest BCUT2D eigenvalue weighted by molar-refractivity contribution is -0.187. The van der Waals surface area contributed by atoms with E-state index in [0.717, 1.165) is 5.52 Å². The van der Waals surface area contributed by atoms with Crippen molar-refractivity contribution in [1.29, 1.82) is 0 Å². The van der Waals surface area contributed by atoms with E-state index in [0.29, 0.717) is 41.6 Å². The first-order chi connectivity index (χ1) is 19.2. The predicted octanol–water partition coefficient (Wildman–Crippen LogP) is 4.68. The molecule has 0 radical (unpaired) electrons. The minimum absolute atomic E-state index is 0.102. The molecule has 2 atom stereocenters. The van der Waals surface area contributed by atoms with E-state index >= 15 is 0 Å². The van der Waals surface area contributed by atoms with Gasteiger partial charge < -0.3 is 29.2 Å². The van der Waals surface area contributed by atoms with Gasteiger partial charge in [-0.3, -0.25) is 4.79 Å². The molecule has 0 spiro atoms. The lowest BCUT2D eigenvalue weighted by atomic mass is 10.0. The van der Waals surface area contributed by atoms with E-state index in [9.17, 15) is 23.1 Å². The molecule has 1 aromatic heterocycles. The van der Waals surface area contributed by atoms with Crippen LogP contribution in [0.3, 0.4) is 0 Å². The number of nitrogens with one attached hydrogen (secondary N) is 1. The maximum Gasteiger partial charge on any atom is 0.411 e. The third kappa shape index (κ3) is 8.20. The predicted molar refractivity (Wildman–Crippen MR) is 143 cm³/mol. The van der Waals surface area contributed by atoms with Crippen LogP contribution >= 0.6 is 0 Å². The van der Waals surface area contributed by atoms with Crippen LogP contribution in [-0.4, -0.2) is 61.7 Å². The molecule has 0 aliphatic heterocycles. The van der Waals surface area contributed by atoms with Crippen molar-refractivity contribution in [1.82, 2.24) is 10.3 Å². The van der Waals surface area contributed by atoms with Crippen LogP contribution in [0.4, 0.5) is 19.2 Å². The summed E-state index contributed by atoms with van der Waals surface area (Å²) in [6.07, 6.45) is -6.12. The van der Waals surface area contributed by atoms with Crippen LogP contribution < -0.4 is 15.0 Å². The number of amides is 1. The zero-order valence-corrected chi connectivity index (χ0v) is 21.8. The summed E-state index contributed by atoms with van der Waals surface area (Å²) >= 11 is 0. The molecule has 0 fully saturated rings. The molecule has 4 rings (SSSR count). The number of ether oxygens (including phenoxy) is 2. The van der Waals surface area contributed by atoms with Gasteiger partial charge in [-0.2, -0.15) is 18.2 Å². The highest BCUT2D eigenvalue weighted by Crippen LogP contribution is 2.22. The standard InChI is InChI=1S/C29H30F3N3O5/c1-35(28-34-23-9-5-6-10-25(23)40-28)15-16-38-22-13-11-20(12-14-22)17-26(39-19-29(30,31)32)27(37)33-24(18-36)21-7-3-2-4-8-21/h2-14,24,26,36H,15-19H2,1H3,(H,33,37)/t24-,26+/m1/s1. The van der Waals surface area contributed by atoms with Crippen molar-refractivity contribution < 1.29 is 37.0 Å². The van der Waals surface area contributed by atoms with Gasteiger partial charge in [-0.15, -0.1) is 0 Å². The number of fused-ring (bicyclic) bond motifs is 1. The third-order valence-electron chi connectivity index (χ3n) is 6.09. The number of hydrogen-bond donors (Lipinski definition) is 2. The van der Waals surface area contributed by atoms with Gasteiger partial charge in [0.1, 0.15) is 30.6 Å². The number of hydrogen-bond acceptors (Lipinski definition) is 7. The highest BCUT2D eigenvalue weighted by atomic mass is 19.4. The molecule has 212 valence electrons. The van der Waals surface area contributed by atoms with Crippen molar-refractivity contribution >= 4 is 23.0 Å². The number of likely N-dealkylation sites (N-methyl/N-ethyl adjacent to an activating group) is 1. The Morgan fingerprint density at radius 2 is 1.75 bits per heavy atom. The number of aliphatic hydroxyl groups excluding tert-OH is 1. The van der Waals surface area contributed by atoms with Gasteiger partial charge in [-0.25, -0.2) is 0 Å². The normalized spacial score (nSPS) is 13.1. The molecule has 0 aliphatic carbocycles. The highest BCUT2D eigenvalue weighted by Gasteiger charge is 2.32. The van der Waals surface area contributed by atoms with Crippen molar-refractivity contribution in [2.24, 2.45) is 0 Å². The summed E-state index contributed by atoms with van der Waals surface area (Å²) < 4.78 is 55.1. The van der Waals surface area contributed by atoms with Gasteiger partial charge in [0.2, 0.25) is 5.91 Å². The maximum absolute atomic E-state index is 12.9. The highest BCUT2D eigenvalue weighted by molar-refractivity contribution is 5.81. The molecule has 0 saturated heterocycles. The summed E-state index contributed by atoms with van der Waals surface area (Å²) in [7, 11) is 1.84. The molecular formula is C29H30F3N3O5. The van der Waals surface area contributed by atoms with Gasteiger partial charge in [-0.05, 0) is 35.4 Å². The fourth-order valence-corrected chi connectivity index (χ4v) is 3.96. The van der Waals surface area contributed by atoms with E-state index < -0.39 is 37.4 Å². The minimum atomic E-state index is -4.60. The molecular weight excluding hydrogens is 527 g/mol. The maximum atomic E-state index is 12.9. The number of halogens is 3. The fraction of sp³-hybridized carbons (Fsp3) is 0.310. The second-order valence-electron chi connectivity index (χ2n) is 9.15. The molecule has 2 N–H and O–H groups in total. The number of aliphatic hydroxyl groups is 1. The lowest BCUT2D eigenvalue weighted by Gasteiger charge is -2.23. The minimum Gasteiger partial charge on any atom is -0.492 e. The molecule has 40 heavy (non-hydrogen) atoms. The van der Waals surface area contributed by atoms with Crippen LogP contribution in [0.1, 0.15) is 17.2 Å². The molecule has 0 bridgehead atoms. The van der Waals surface area contributed by atoms with Gasteiger partial charge in [-0.1, -0.05) is 54.6 Å². The Hall–Kier alpha value is -4.09. The van der Waals surface area contributed by atoms with Crippen molar-refractivity contribution in [3.8, 4) is 5.75 Å². The zero-order chi connectivity index (χ0) is 28.5. The van der Waals surface area contributed by atoms with Crippen LogP contribution in [0.2, 0.25) is 0 Å². The van der Waals surface area contributed by atoms with E-state index in [4.69, 9.17) is 13.9 Å². The molecule has 0 saturated carbocycles. The Bertz CT molecular complexity index is 1330. The molecule has 8 nitrogen and oxygen atoms in total. The Labute approximate surface area is 229 Å². The SMILES string of the molecule is CN(CCOc1ccc(C[C@H](OCC(F)(F)F)C(=O)N[C@H](CO)c2ccccc2)cc1)c1nc2ccccc2o1. The molecule has 1 heterocycles. The molecule has 4 aromatic rings. The van der Waals surface area contributed by atoms with Gasteiger partial charge in [0.25, 0.3) is 6.01 Å². The fourth-order valence-electron chi connectivity index (χ4n) is 3.96. The second kappa shape index (κ2) is 13.3. The zero-order valence-electron chi connectivity index (χ0n) is 21.8. The Kier molecular flexibility index (Phi) is 9.62. The second-order valence-corrected chi connectivity index (χ2v) is 9.15. The number of anilines is 1. The van der Waals surface area contributed by atoms with Gasteiger partial charge in [0, 0.05) is 13.5 Å². The number of nitrogens with zero attached hydrogens (tertiary/aromatic N) is 2. The van der Waals surface area contributed by atoms with E-state index in [2.05, 4.69) is 10.3 Å². The molecule has 0 aliphatic rings. The number of benzene rings is 3. The van der Waals surface area contributed by atoms with Crippen molar-refractivity contribution in [3.05, 3.63) is 90.0 Å². The number of aromatic nitrogens is 1.